The van der Waals surface area contributed by atoms with Crippen molar-refractivity contribution in [1.82, 2.24) is 14.9 Å². The summed E-state index contributed by atoms with van der Waals surface area (Å²) in [6, 6.07) is 1.20. The van der Waals surface area contributed by atoms with Gasteiger partial charge in [0.2, 0.25) is 5.91 Å². The molecule has 1 aliphatic heterocycles. The van der Waals surface area contributed by atoms with Crippen LogP contribution in [0.4, 0.5) is 16.2 Å². The first-order valence-electron chi connectivity index (χ1n) is 7.24. The van der Waals surface area contributed by atoms with Gasteiger partial charge in [-0.1, -0.05) is 0 Å². The quantitative estimate of drug-likeness (QED) is 0.579. The molecule has 3 rings (SSSR count). The van der Waals surface area contributed by atoms with Crippen molar-refractivity contribution in [2.45, 2.75) is 32.9 Å². The number of carbonyl (C=O) groups is 2. The predicted octanol–water partition coefficient (Wildman–Crippen LogP) is 1.92. The molecule has 24 heavy (non-hydrogen) atoms. The van der Waals surface area contributed by atoms with Gasteiger partial charge in [0.05, 0.1) is 16.5 Å². The molecule has 10 nitrogen and oxygen atoms in total. The minimum absolute atomic E-state index is 0.111. The summed E-state index contributed by atoms with van der Waals surface area (Å²) in [4.78, 5) is 37.5. The van der Waals surface area contributed by atoms with Crippen LogP contribution in [-0.2, 0) is 11.3 Å². The molecule has 126 valence electrons. The third-order valence-corrected chi connectivity index (χ3v) is 3.98. The second kappa shape index (κ2) is 5.48. The van der Waals surface area contributed by atoms with E-state index in [4.69, 9.17) is 5.11 Å². The van der Waals surface area contributed by atoms with Crippen molar-refractivity contribution < 1.29 is 19.6 Å². The lowest BCUT2D eigenvalue weighted by atomic mass is 10.1. The van der Waals surface area contributed by atoms with E-state index < -0.39 is 23.0 Å². The summed E-state index contributed by atoms with van der Waals surface area (Å²) in [7, 11) is 0. The lowest BCUT2D eigenvalue weighted by Crippen LogP contribution is -2.25. The Morgan fingerprint density at radius 1 is 1.50 bits per heavy atom. The van der Waals surface area contributed by atoms with Gasteiger partial charge < -0.3 is 20.3 Å². The van der Waals surface area contributed by atoms with Gasteiger partial charge in [0, 0.05) is 13.5 Å². The van der Waals surface area contributed by atoms with Gasteiger partial charge in [0.25, 0.3) is 0 Å². The van der Waals surface area contributed by atoms with E-state index in [0.29, 0.717) is 29.9 Å². The lowest BCUT2D eigenvalue weighted by Gasteiger charge is -2.09. The van der Waals surface area contributed by atoms with E-state index in [-0.39, 0.29) is 16.9 Å². The Hall–Kier alpha value is -3.17. The highest BCUT2D eigenvalue weighted by Gasteiger charge is 2.32. The maximum Gasteiger partial charge on any atom is 0.405 e. The van der Waals surface area contributed by atoms with Crippen LogP contribution in [0.5, 0.6) is 0 Å². The van der Waals surface area contributed by atoms with Crippen LogP contribution in [0.25, 0.3) is 11.0 Å². The van der Waals surface area contributed by atoms with Crippen LogP contribution in [0.1, 0.15) is 30.8 Å². The van der Waals surface area contributed by atoms with E-state index in [1.165, 1.54) is 6.92 Å². The number of fused-ring (bicyclic) bond motifs is 3. The molecule has 2 aromatic rings. The molecule has 1 unspecified atom stereocenters. The van der Waals surface area contributed by atoms with Crippen molar-refractivity contribution in [2.75, 3.05) is 5.32 Å². The molecule has 1 aromatic heterocycles. The summed E-state index contributed by atoms with van der Waals surface area (Å²) >= 11 is 0. The molecular formula is C14H15N5O5. The maximum absolute atomic E-state index is 11.6. The first kappa shape index (κ1) is 15.7. The van der Waals surface area contributed by atoms with Gasteiger partial charge in [-0.3, -0.25) is 14.9 Å². The van der Waals surface area contributed by atoms with Crippen LogP contribution in [-0.4, -0.2) is 31.6 Å². The van der Waals surface area contributed by atoms with E-state index in [0.717, 1.165) is 0 Å². The number of hydrogen-bond donors (Lipinski definition) is 3. The van der Waals surface area contributed by atoms with Gasteiger partial charge in [-0.05, 0) is 25.0 Å². The van der Waals surface area contributed by atoms with E-state index in [1.807, 2.05) is 0 Å². The smallest absolute Gasteiger partial charge is 0.405 e. The Labute approximate surface area is 135 Å². The average Bonchev–Trinajstić information content (AvgIpc) is 2.99. The number of aromatic nitrogens is 2. The van der Waals surface area contributed by atoms with Crippen LogP contribution in [0.15, 0.2) is 6.07 Å². The van der Waals surface area contributed by atoms with Gasteiger partial charge >= 0.3 is 11.8 Å². The molecular weight excluding hydrogens is 318 g/mol. The summed E-state index contributed by atoms with van der Waals surface area (Å²) in [6.45, 7) is 3.44. The number of imidazole rings is 1. The van der Waals surface area contributed by atoms with Crippen molar-refractivity contribution in [3.05, 3.63) is 27.6 Å². The summed E-state index contributed by atoms with van der Waals surface area (Å²) in [5, 5.41) is 25.3. The highest BCUT2D eigenvalue weighted by molar-refractivity contribution is 6.00. The number of amides is 2. The van der Waals surface area contributed by atoms with Gasteiger partial charge in [0.1, 0.15) is 11.5 Å². The molecule has 1 aliphatic rings. The second-order valence-electron chi connectivity index (χ2n) is 5.64. The molecule has 0 bridgehead atoms. The number of nitrogens with one attached hydrogen (secondary N) is 2. The van der Waals surface area contributed by atoms with Crippen LogP contribution < -0.4 is 10.6 Å². The molecule has 10 heteroatoms. The monoisotopic (exact) mass is 333 g/mol. The highest BCUT2D eigenvalue weighted by atomic mass is 16.6. The highest BCUT2D eigenvalue weighted by Crippen LogP contribution is 2.39. The summed E-state index contributed by atoms with van der Waals surface area (Å²) < 4.78 is 1.77. The standard InChI is InChI=1S/C14H15N5O5/c1-6-5-9-11(12(19(23)24)10(6)15-7(2)20)17-13-8(16-14(21)22)3-4-18(9)13/h5,8,16H,3-4H2,1-2H3,(H,15,20)(H,21,22). The molecule has 0 saturated carbocycles. The topological polar surface area (TPSA) is 139 Å². The van der Waals surface area contributed by atoms with Crippen LogP contribution >= 0.6 is 0 Å². The van der Waals surface area contributed by atoms with E-state index >= 15 is 0 Å². The number of nitro benzene ring substituents is 1. The van der Waals surface area contributed by atoms with Gasteiger partial charge in [0.15, 0.2) is 5.52 Å². The first-order chi connectivity index (χ1) is 11.3. The van der Waals surface area contributed by atoms with Crippen LogP contribution in [0.3, 0.4) is 0 Å². The van der Waals surface area contributed by atoms with Gasteiger partial charge in [-0.2, -0.15) is 0 Å². The Morgan fingerprint density at radius 3 is 2.79 bits per heavy atom. The number of benzene rings is 1. The molecule has 1 aromatic carbocycles. The number of nitrogens with zero attached hydrogens (tertiary/aromatic N) is 3. The zero-order valence-corrected chi connectivity index (χ0v) is 13.0. The Bertz CT molecular complexity index is 888. The van der Waals surface area contributed by atoms with Crippen LogP contribution in [0, 0.1) is 17.0 Å². The van der Waals surface area contributed by atoms with Crippen molar-refractivity contribution in [3.63, 3.8) is 0 Å². The average molecular weight is 333 g/mol. The molecule has 3 N–H and O–H groups in total. The Morgan fingerprint density at radius 2 is 2.21 bits per heavy atom. The largest absolute Gasteiger partial charge is 0.465 e. The SMILES string of the molecule is CC(=O)Nc1c(C)cc2c(nc3n2CCC3NC(=O)O)c1[N+](=O)[O-]. The van der Waals surface area contributed by atoms with E-state index in [1.54, 1.807) is 17.6 Å². The fraction of sp³-hybridized carbons (Fsp3) is 0.357. The van der Waals surface area contributed by atoms with Crippen LogP contribution in [0.2, 0.25) is 0 Å². The summed E-state index contributed by atoms with van der Waals surface area (Å²) in [5.74, 6) is 0.0209. The predicted molar refractivity (Wildman–Crippen MR) is 83.9 cm³/mol. The zero-order valence-electron chi connectivity index (χ0n) is 13.0. The summed E-state index contributed by atoms with van der Waals surface area (Å²) in [5.41, 5.74) is 1.07. The molecule has 2 amide bonds. The van der Waals surface area contributed by atoms with E-state index in [2.05, 4.69) is 15.6 Å². The number of rotatable bonds is 3. The molecule has 2 heterocycles. The molecule has 0 spiro atoms. The minimum atomic E-state index is -1.18. The number of anilines is 1. The lowest BCUT2D eigenvalue weighted by molar-refractivity contribution is -0.382. The Balaban J connectivity index is 2.24. The van der Waals surface area contributed by atoms with Crippen molar-refractivity contribution >= 4 is 34.4 Å². The first-order valence-corrected chi connectivity index (χ1v) is 7.24. The summed E-state index contributed by atoms with van der Waals surface area (Å²) in [6.07, 6.45) is -0.643. The molecule has 0 aliphatic carbocycles. The van der Waals surface area contributed by atoms with Gasteiger partial charge in [-0.15, -0.1) is 0 Å². The maximum atomic E-state index is 11.6. The van der Waals surface area contributed by atoms with Crippen molar-refractivity contribution in [3.8, 4) is 0 Å². The third kappa shape index (κ3) is 2.41. The zero-order chi connectivity index (χ0) is 17.6. The molecule has 0 saturated heterocycles. The molecule has 1 atom stereocenters. The van der Waals surface area contributed by atoms with E-state index in [9.17, 15) is 19.7 Å². The number of carbonyl (C=O) groups excluding carboxylic acids is 1. The Kier molecular flexibility index (Phi) is 3.59. The van der Waals surface area contributed by atoms with Crippen molar-refractivity contribution in [2.24, 2.45) is 0 Å². The molecule has 0 fully saturated rings. The number of aryl methyl sites for hydroxylation is 2. The number of carboxylic acid groups (broad SMARTS) is 1. The third-order valence-electron chi connectivity index (χ3n) is 3.98. The second-order valence-corrected chi connectivity index (χ2v) is 5.64. The number of hydrogen-bond acceptors (Lipinski definition) is 5. The van der Waals surface area contributed by atoms with Gasteiger partial charge in [-0.25, -0.2) is 9.78 Å². The minimum Gasteiger partial charge on any atom is -0.465 e. The molecule has 0 radical (unpaired) electrons. The number of nitro groups is 1. The normalized spacial score (nSPS) is 16.0. The van der Waals surface area contributed by atoms with Crippen molar-refractivity contribution in [1.29, 1.82) is 0 Å². The fourth-order valence-corrected chi connectivity index (χ4v) is 3.07. The fourth-order valence-electron chi connectivity index (χ4n) is 3.07.